The lowest BCUT2D eigenvalue weighted by molar-refractivity contribution is -0.140. The molecular formula is C29H34N2O2. The van der Waals surface area contributed by atoms with E-state index in [2.05, 4.69) is 11.4 Å². The minimum absolute atomic E-state index is 0.0432. The van der Waals surface area contributed by atoms with Crippen LogP contribution < -0.4 is 5.32 Å². The van der Waals surface area contributed by atoms with Crippen molar-refractivity contribution in [2.24, 2.45) is 0 Å². The average Bonchev–Trinajstić information content (AvgIpc) is 2.82. The Bertz CT molecular complexity index is 1060. The minimum atomic E-state index is -0.587. The Kier molecular flexibility index (Phi) is 8.82. The Morgan fingerprint density at radius 2 is 1.58 bits per heavy atom. The topological polar surface area (TPSA) is 49.4 Å². The van der Waals surface area contributed by atoms with Gasteiger partial charge in [-0.15, -0.1) is 0 Å². The highest BCUT2D eigenvalue weighted by atomic mass is 16.2. The van der Waals surface area contributed by atoms with Crippen molar-refractivity contribution in [3.8, 4) is 0 Å². The summed E-state index contributed by atoms with van der Waals surface area (Å²) in [6.07, 6.45) is 1.59. The molecular weight excluding hydrogens is 408 g/mol. The van der Waals surface area contributed by atoms with E-state index in [4.69, 9.17) is 0 Å². The van der Waals surface area contributed by atoms with Crippen LogP contribution in [0, 0.1) is 13.8 Å². The van der Waals surface area contributed by atoms with E-state index in [1.807, 2.05) is 93.6 Å². The predicted molar refractivity (Wildman–Crippen MR) is 134 cm³/mol. The molecule has 4 nitrogen and oxygen atoms in total. The molecule has 1 N–H and O–H groups in total. The van der Waals surface area contributed by atoms with Crippen molar-refractivity contribution >= 4 is 11.8 Å². The largest absolute Gasteiger partial charge is 0.354 e. The van der Waals surface area contributed by atoms with Crippen LogP contribution in [-0.2, 0) is 29.0 Å². The van der Waals surface area contributed by atoms with Crippen molar-refractivity contribution in [2.45, 2.75) is 52.6 Å². The minimum Gasteiger partial charge on any atom is -0.354 e. The summed E-state index contributed by atoms with van der Waals surface area (Å²) in [4.78, 5) is 28.8. The molecule has 3 aromatic carbocycles. The normalized spacial score (nSPS) is 11.6. The van der Waals surface area contributed by atoms with Crippen LogP contribution in [0.4, 0.5) is 0 Å². The lowest BCUT2D eigenvalue weighted by Crippen LogP contribution is -2.51. The summed E-state index contributed by atoms with van der Waals surface area (Å²) < 4.78 is 0. The van der Waals surface area contributed by atoms with Gasteiger partial charge in [-0.3, -0.25) is 9.59 Å². The highest BCUT2D eigenvalue weighted by Gasteiger charge is 2.30. The number of amides is 2. The Morgan fingerprint density at radius 3 is 2.27 bits per heavy atom. The summed E-state index contributed by atoms with van der Waals surface area (Å²) >= 11 is 0. The molecule has 0 spiro atoms. The standard InChI is InChI=1S/C29H34N2O2/c1-4-17-30-29(33)27(19-24-13-6-5-7-14-24)31(21-25-15-10-11-22(2)18-25)28(32)20-26-16-9-8-12-23(26)3/h5-16,18,27H,4,17,19-21H2,1-3H3,(H,30,33)/t27-/m0/s1. The number of nitrogens with one attached hydrogen (secondary N) is 1. The fraction of sp³-hybridized carbons (Fsp3) is 0.310. The predicted octanol–water partition coefficient (Wildman–Crippen LogP) is 5.01. The first-order valence-corrected chi connectivity index (χ1v) is 11.7. The third-order valence-corrected chi connectivity index (χ3v) is 5.86. The van der Waals surface area contributed by atoms with E-state index in [0.717, 1.165) is 34.2 Å². The third-order valence-electron chi connectivity index (χ3n) is 5.86. The molecule has 3 aromatic rings. The first-order valence-electron chi connectivity index (χ1n) is 11.7. The number of carbonyl (C=O) groups excluding carboxylic acids is 2. The fourth-order valence-electron chi connectivity index (χ4n) is 4.00. The summed E-state index contributed by atoms with van der Waals surface area (Å²) in [5.41, 5.74) is 5.26. The molecule has 0 fully saturated rings. The second-order valence-corrected chi connectivity index (χ2v) is 8.61. The monoisotopic (exact) mass is 442 g/mol. The SMILES string of the molecule is CCCNC(=O)[C@H](Cc1ccccc1)N(Cc1cccc(C)c1)C(=O)Cc1ccccc1C. The quantitative estimate of drug-likeness (QED) is 0.480. The Morgan fingerprint density at radius 1 is 0.879 bits per heavy atom. The molecule has 0 saturated heterocycles. The lowest BCUT2D eigenvalue weighted by atomic mass is 10.00. The van der Waals surface area contributed by atoms with Gasteiger partial charge in [0.15, 0.2) is 0 Å². The molecule has 33 heavy (non-hydrogen) atoms. The van der Waals surface area contributed by atoms with Gasteiger partial charge in [0.2, 0.25) is 11.8 Å². The van der Waals surface area contributed by atoms with E-state index >= 15 is 0 Å². The molecule has 0 bridgehead atoms. The van der Waals surface area contributed by atoms with E-state index in [0.29, 0.717) is 19.5 Å². The molecule has 3 rings (SSSR count). The first kappa shape index (κ1) is 24.2. The molecule has 0 saturated carbocycles. The van der Waals surface area contributed by atoms with E-state index in [-0.39, 0.29) is 18.2 Å². The second kappa shape index (κ2) is 12.0. The summed E-state index contributed by atoms with van der Waals surface area (Å²) in [6, 6.07) is 25.4. The van der Waals surface area contributed by atoms with Gasteiger partial charge in [0.1, 0.15) is 6.04 Å². The molecule has 4 heteroatoms. The second-order valence-electron chi connectivity index (χ2n) is 8.61. The molecule has 0 aliphatic carbocycles. The number of nitrogens with zero attached hydrogens (tertiary/aromatic N) is 1. The molecule has 0 heterocycles. The van der Waals surface area contributed by atoms with Crippen molar-refractivity contribution in [1.82, 2.24) is 10.2 Å². The van der Waals surface area contributed by atoms with Crippen molar-refractivity contribution in [1.29, 1.82) is 0 Å². The van der Waals surface area contributed by atoms with Crippen LogP contribution in [0.3, 0.4) is 0 Å². The van der Waals surface area contributed by atoms with E-state index in [1.165, 1.54) is 0 Å². The number of aryl methyl sites for hydroxylation is 2. The van der Waals surface area contributed by atoms with Gasteiger partial charge in [-0.25, -0.2) is 0 Å². The highest BCUT2D eigenvalue weighted by molar-refractivity contribution is 5.89. The van der Waals surface area contributed by atoms with Gasteiger partial charge >= 0.3 is 0 Å². The Balaban J connectivity index is 1.96. The van der Waals surface area contributed by atoms with E-state index in [1.54, 1.807) is 4.90 Å². The Hall–Kier alpha value is -3.40. The smallest absolute Gasteiger partial charge is 0.243 e. The number of rotatable bonds is 10. The van der Waals surface area contributed by atoms with Crippen LogP contribution in [0.1, 0.15) is 41.2 Å². The molecule has 0 unspecified atom stereocenters. The van der Waals surface area contributed by atoms with E-state index in [9.17, 15) is 9.59 Å². The van der Waals surface area contributed by atoms with Gasteiger partial charge < -0.3 is 10.2 Å². The van der Waals surface area contributed by atoms with Crippen molar-refractivity contribution < 1.29 is 9.59 Å². The Labute approximate surface area is 197 Å². The number of hydrogen-bond acceptors (Lipinski definition) is 2. The molecule has 172 valence electrons. The van der Waals surface area contributed by atoms with Crippen LogP contribution in [0.2, 0.25) is 0 Å². The number of benzene rings is 3. The van der Waals surface area contributed by atoms with Gasteiger partial charge in [-0.2, -0.15) is 0 Å². The maximum Gasteiger partial charge on any atom is 0.243 e. The van der Waals surface area contributed by atoms with E-state index < -0.39 is 6.04 Å². The fourth-order valence-corrected chi connectivity index (χ4v) is 4.00. The van der Waals surface area contributed by atoms with Crippen LogP contribution in [0.15, 0.2) is 78.9 Å². The number of carbonyl (C=O) groups is 2. The van der Waals surface area contributed by atoms with Gasteiger partial charge in [-0.05, 0) is 42.5 Å². The average molecular weight is 443 g/mol. The zero-order valence-corrected chi connectivity index (χ0v) is 19.9. The van der Waals surface area contributed by atoms with Crippen molar-refractivity contribution in [3.05, 3.63) is 107 Å². The van der Waals surface area contributed by atoms with Crippen LogP contribution in [0.25, 0.3) is 0 Å². The third kappa shape index (κ3) is 7.04. The zero-order valence-electron chi connectivity index (χ0n) is 19.9. The maximum atomic E-state index is 13.7. The summed E-state index contributed by atoms with van der Waals surface area (Å²) in [7, 11) is 0. The van der Waals surface area contributed by atoms with Crippen LogP contribution in [0.5, 0.6) is 0 Å². The van der Waals surface area contributed by atoms with Crippen LogP contribution in [-0.4, -0.2) is 29.3 Å². The van der Waals surface area contributed by atoms with Gasteiger partial charge in [0, 0.05) is 19.5 Å². The van der Waals surface area contributed by atoms with Crippen molar-refractivity contribution in [3.63, 3.8) is 0 Å². The molecule has 1 atom stereocenters. The van der Waals surface area contributed by atoms with Gasteiger partial charge in [0.25, 0.3) is 0 Å². The summed E-state index contributed by atoms with van der Waals surface area (Å²) in [5, 5.41) is 3.03. The lowest BCUT2D eigenvalue weighted by Gasteiger charge is -2.32. The number of hydrogen-bond donors (Lipinski definition) is 1. The molecule has 0 aliphatic heterocycles. The highest BCUT2D eigenvalue weighted by Crippen LogP contribution is 2.18. The van der Waals surface area contributed by atoms with Gasteiger partial charge in [-0.1, -0.05) is 91.3 Å². The summed E-state index contributed by atoms with van der Waals surface area (Å²) in [5.74, 6) is -0.148. The zero-order chi connectivity index (χ0) is 23.6. The summed E-state index contributed by atoms with van der Waals surface area (Å²) in [6.45, 7) is 7.07. The van der Waals surface area contributed by atoms with Crippen molar-refractivity contribution in [2.75, 3.05) is 6.54 Å². The van der Waals surface area contributed by atoms with Gasteiger partial charge in [0.05, 0.1) is 6.42 Å². The first-order chi connectivity index (χ1) is 16.0. The molecule has 0 radical (unpaired) electrons. The van der Waals surface area contributed by atoms with Crippen LogP contribution >= 0.6 is 0 Å². The molecule has 2 amide bonds. The molecule has 0 aromatic heterocycles. The molecule has 0 aliphatic rings. The maximum absolute atomic E-state index is 13.7.